The molecule has 2 aromatic rings. The first-order valence-corrected chi connectivity index (χ1v) is 7.10. The summed E-state index contributed by atoms with van der Waals surface area (Å²) in [5.74, 6) is 0.805. The second kappa shape index (κ2) is 6.93. The second-order valence-electron chi connectivity index (χ2n) is 4.04. The number of benzene rings is 1. The average molecular weight is 345 g/mol. The first-order chi connectivity index (χ1) is 9.20. The Hall–Kier alpha value is -1.04. The number of anilines is 2. The van der Waals surface area contributed by atoms with Crippen molar-refractivity contribution in [2.75, 3.05) is 19.0 Å². The molecule has 0 fully saturated rings. The number of aromatic nitrogens is 2. The molecule has 1 N–H and O–H groups in total. The average Bonchev–Trinajstić information content (AvgIpc) is 2.81. The summed E-state index contributed by atoms with van der Waals surface area (Å²) in [6.07, 6.45) is 4.67. The fourth-order valence-electron chi connectivity index (χ4n) is 1.70. The van der Waals surface area contributed by atoms with Crippen LogP contribution in [0.2, 0.25) is 5.02 Å². The molecule has 0 unspecified atom stereocenters. The zero-order chi connectivity index (χ0) is 13.7. The van der Waals surface area contributed by atoms with Crippen molar-refractivity contribution >= 4 is 39.2 Å². The molecule has 2 rings (SSSR count). The van der Waals surface area contributed by atoms with Gasteiger partial charge in [-0.3, -0.25) is 0 Å². The number of methoxy groups -OCH3 is 1. The third-order valence-electron chi connectivity index (χ3n) is 2.64. The van der Waals surface area contributed by atoms with E-state index in [1.54, 1.807) is 13.3 Å². The van der Waals surface area contributed by atoms with Crippen molar-refractivity contribution in [2.45, 2.75) is 13.0 Å². The van der Waals surface area contributed by atoms with Crippen molar-refractivity contribution in [3.8, 4) is 0 Å². The molecule has 1 aromatic heterocycles. The molecule has 1 heterocycles. The fraction of sp³-hybridized carbons (Fsp3) is 0.308. The number of imidazole rings is 1. The van der Waals surface area contributed by atoms with Crippen molar-refractivity contribution < 1.29 is 4.74 Å². The molecule has 0 radical (unpaired) electrons. The van der Waals surface area contributed by atoms with E-state index in [1.807, 2.05) is 24.4 Å². The van der Waals surface area contributed by atoms with Crippen LogP contribution in [0.1, 0.15) is 6.42 Å². The highest BCUT2D eigenvalue weighted by Crippen LogP contribution is 2.28. The molecule has 0 saturated carbocycles. The van der Waals surface area contributed by atoms with E-state index in [0.717, 1.165) is 35.7 Å². The lowest BCUT2D eigenvalue weighted by Crippen LogP contribution is -2.05. The number of halogens is 2. The van der Waals surface area contributed by atoms with Crippen LogP contribution in [-0.2, 0) is 11.3 Å². The largest absolute Gasteiger partial charge is 0.385 e. The highest BCUT2D eigenvalue weighted by molar-refractivity contribution is 9.10. The van der Waals surface area contributed by atoms with Gasteiger partial charge in [0.25, 0.3) is 0 Å². The topological polar surface area (TPSA) is 39.1 Å². The lowest BCUT2D eigenvalue weighted by atomic mass is 10.3. The number of nitrogens with one attached hydrogen (secondary N) is 1. The molecule has 0 amide bonds. The smallest absolute Gasteiger partial charge is 0.207 e. The molecule has 19 heavy (non-hydrogen) atoms. The zero-order valence-electron chi connectivity index (χ0n) is 10.6. The standard InChI is InChI=1S/C13H15BrClN3O/c1-19-8-2-6-18-7-5-16-13(18)17-12-4-3-10(15)9-11(12)14/h3-5,7,9H,2,6,8H2,1H3,(H,16,17). The molecular weight excluding hydrogens is 330 g/mol. The van der Waals surface area contributed by atoms with Gasteiger partial charge in [-0.25, -0.2) is 4.98 Å². The summed E-state index contributed by atoms with van der Waals surface area (Å²) in [5, 5.41) is 3.98. The van der Waals surface area contributed by atoms with E-state index >= 15 is 0 Å². The van der Waals surface area contributed by atoms with E-state index in [4.69, 9.17) is 16.3 Å². The van der Waals surface area contributed by atoms with E-state index in [2.05, 4.69) is 30.8 Å². The van der Waals surface area contributed by atoms with E-state index in [-0.39, 0.29) is 0 Å². The molecule has 6 heteroatoms. The summed E-state index contributed by atoms with van der Waals surface area (Å²) in [7, 11) is 1.71. The quantitative estimate of drug-likeness (QED) is 0.803. The van der Waals surface area contributed by atoms with Crippen LogP contribution in [-0.4, -0.2) is 23.3 Å². The Labute approximate surface area is 125 Å². The van der Waals surface area contributed by atoms with Gasteiger partial charge in [-0.2, -0.15) is 0 Å². The van der Waals surface area contributed by atoms with Crippen molar-refractivity contribution in [1.29, 1.82) is 0 Å². The molecule has 0 saturated heterocycles. The van der Waals surface area contributed by atoms with Crippen LogP contribution >= 0.6 is 27.5 Å². The number of nitrogens with zero attached hydrogens (tertiary/aromatic N) is 2. The van der Waals surface area contributed by atoms with Gasteiger partial charge in [-0.15, -0.1) is 0 Å². The van der Waals surface area contributed by atoms with Gasteiger partial charge in [-0.05, 0) is 40.5 Å². The lowest BCUT2D eigenvalue weighted by molar-refractivity contribution is 0.190. The Morgan fingerprint density at radius 2 is 2.32 bits per heavy atom. The SMILES string of the molecule is COCCCn1ccnc1Nc1ccc(Cl)cc1Br. The molecule has 0 atom stereocenters. The molecule has 0 bridgehead atoms. The van der Waals surface area contributed by atoms with Crippen LogP contribution in [0.5, 0.6) is 0 Å². The van der Waals surface area contributed by atoms with Gasteiger partial charge < -0.3 is 14.6 Å². The fourth-order valence-corrected chi connectivity index (χ4v) is 2.49. The lowest BCUT2D eigenvalue weighted by Gasteiger charge is -2.11. The van der Waals surface area contributed by atoms with Gasteiger partial charge in [0.05, 0.1) is 5.69 Å². The Morgan fingerprint density at radius 3 is 3.05 bits per heavy atom. The van der Waals surface area contributed by atoms with Gasteiger partial charge in [0, 0.05) is 42.2 Å². The number of ether oxygens (including phenoxy) is 1. The van der Waals surface area contributed by atoms with Gasteiger partial charge >= 0.3 is 0 Å². The van der Waals surface area contributed by atoms with Crippen molar-refractivity contribution in [2.24, 2.45) is 0 Å². The number of hydrogen-bond acceptors (Lipinski definition) is 3. The Balaban J connectivity index is 2.08. The molecule has 4 nitrogen and oxygen atoms in total. The monoisotopic (exact) mass is 343 g/mol. The second-order valence-corrected chi connectivity index (χ2v) is 5.33. The van der Waals surface area contributed by atoms with Crippen LogP contribution < -0.4 is 5.32 Å². The van der Waals surface area contributed by atoms with Crippen molar-refractivity contribution in [1.82, 2.24) is 9.55 Å². The van der Waals surface area contributed by atoms with Crippen LogP contribution in [0.25, 0.3) is 0 Å². The highest BCUT2D eigenvalue weighted by Gasteiger charge is 2.06. The zero-order valence-corrected chi connectivity index (χ0v) is 12.9. The minimum atomic E-state index is 0.695. The summed E-state index contributed by atoms with van der Waals surface area (Å²) < 4.78 is 8.02. The maximum atomic E-state index is 5.92. The molecule has 0 aliphatic rings. The van der Waals surface area contributed by atoms with Gasteiger partial charge in [0.15, 0.2) is 0 Å². The van der Waals surface area contributed by atoms with Crippen LogP contribution in [0.15, 0.2) is 35.1 Å². The molecule has 0 aliphatic carbocycles. The number of hydrogen-bond donors (Lipinski definition) is 1. The number of aryl methyl sites for hydroxylation is 1. The summed E-state index contributed by atoms with van der Waals surface area (Å²) >= 11 is 9.40. The maximum absolute atomic E-state index is 5.92. The van der Waals surface area contributed by atoms with Crippen LogP contribution in [0.4, 0.5) is 11.6 Å². The summed E-state index contributed by atoms with van der Waals surface area (Å²) in [6, 6.07) is 5.61. The summed E-state index contributed by atoms with van der Waals surface area (Å²) in [4.78, 5) is 4.31. The summed E-state index contributed by atoms with van der Waals surface area (Å²) in [6.45, 7) is 1.60. The minimum absolute atomic E-state index is 0.695. The molecular formula is C13H15BrClN3O. The first kappa shape index (κ1) is 14.4. The van der Waals surface area contributed by atoms with E-state index in [1.165, 1.54) is 0 Å². The van der Waals surface area contributed by atoms with E-state index < -0.39 is 0 Å². The summed E-state index contributed by atoms with van der Waals surface area (Å²) in [5.41, 5.74) is 0.934. The van der Waals surface area contributed by atoms with Crippen LogP contribution in [0.3, 0.4) is 0 Å². The third kappa shape index (κ3) is 3.96. The Morgan fingerprint density at radius 1 is 1.47 bits per heavy atom. The maximum Gasteiger partial charge on any atom is 0.207 e. The van der Waals surface area contributed by atoms with E-state index in [0.29, 0.717) is 5.02 Å². The molecule has 102 valence electrons. The van der Waals surface area contributed by atoms with Crippen molar-refractivity contribution in [3.05, 3.63) is 40.1 Å². The van der Waals surface area contributed by atoms with Gasteiger partial charge in [0.1, 0.15) is 0 Å². The van der Waals surface area contributed by atoms with Gasteiger partial charge in [-0.1, -0.05) is 11.6 Å². The molecule has 1 aromatic carbocycles. The first-order valence-electron chi connectivity index (χ1n) is 5.93. The third-order valence-corrected chi connectivity index (χ3v) is 3.53. The van der Waals surface area contributed by atoms with Gasteiger partial charge in [0.2, 0.25) is 5.95 Å². The Bertz CT molecular complexity index is 544. The predicted octanol–water partition coefficient (Wildman–Crippen LogP) is 4.08. The van der Waals surface area contributed by atoms with Crippen LogP contribution in [0, 0.1) is 0 Å². The highest BCUT2D eigenvalue weighted by atomic mass is 79.9. The minimum Gasteiger partial charge on any atom is -0.385 e. The van der Waals surface area contributed by atoms with Crippen molar-refractivity contribution in [3.63, 3.8) is 0 Å². The molecule has 0 aliphatic heterocycles. The Kier molecular flexibility index (Phi) is 5.24. The normalized spacial score (nSPS) is 10.7. The predicted molar refractivity (Wildman–Crippen MR) is 81.2 cm³/mol. The van der Waals surface area contributed by atoms with E-state index in [9.17, 15) is 0 Å². The molecule has 0 spiro atoms. The number of rotatable bonds is 6.